The van der Waals surface area contributed by atoms with E-state index in [1.54, 1.807) is 0 Å². The minimum absolute atomic E-state index is 0.0189. The Balaban J connectivity index is 3.13. The molecule has 9 heteroatoms. The number of rotatable bonds is 6. The van der Waals surface area contributed by atoms with E-state index >= 15 is 0 Å². The summed E-state index contributed by atoms with van der Waals surface area (Å²) in [5.41, 5.74) is -1.58. The van der Waals surface area contributed by atoms with Gasteiger partial charge in [0.25, 0.3) is 5.91 Å². The van der Waals surface area contributed by atoms with E-state index in [-0.39, 0.29) is 19.6 Å². The second-order valence-corrected chi connectivity index (χ2v) is 4.08. The highest BCUT2D eigenvalue weighted by atomic mass is 19.2. The number of halogens is 5. The maximum atomic E-state index is 13.4. The van der Waals surface area contributed by atoms with Gasteiger partial charge < -0.3 is 15.2 Å². The Morgan fingerprint density at radius 1 is 1.10 bits per heavy atom. The molecule has 21 heavy (non-hydrogen) atoms. The summed E-state index contributed by atoms with van der Waals surface area (Å²) in [4.78, 5) is 11.7. The number of hydrogen-bond donors (Lipinski definition) is 2. The number of nitrogens with one attached hydrogen (secondary N) is 1. The second-order valence-electron chi connectivity index (χ2n) is 4.08. The zero-order valence-corrected chi connectivity index (χ0v) is 10.9. The normalized spacial score (nSPS) is 12.3. The summed E-state index contributed by atoms with van der Waals surface area (Å²) >= 11 is 0. The number of methoxy groups -OCH3 is 1. The monoisotopic (exact) mass is 313 g/mol. The molecule has 0 saturated carbocycles. The van der Waals surface area contributed by atoms with Crippen molar-refractivity contribution in [2.45, 2.75) is 12.5 Å². The Morgan fingerprint density at radius 2 is 1.57 bits per heavy atom. The molecule has 0 radical (unpaired) electrons. The van der Waals surface area contributed by atoms with Gasteiger partial charge in [-0.15, -0.1) is 0 Å². The SMILES string of the molecule is COCC(CCO)NC(=O)c1c(F)c(F)c(F)c(F)c1F. The number of hydrogen-bond acceptors (Lipinski definition) is 3. The van der Waals surface area contributed by atoms with Crippen molar-refractivity contribution < 1.29 is 36.6 Å². The second kappa shape index (κ2) is 7.32. The first-order valence-corrected chi connectivity index (χ1v) is 5.77. The third-order valence-corrected chi connectivity index (χ3v) is 2.62. The molecule has 0 aliphatic heterocycles. The van der Waals surface area contributed by atoms with Crippen molar-refractivity contribution in [3.8, 4) is 0 Å². The molecule has 1 aromatic rings. The number of amides is 1. The van der Waals surface area contributed by atoms with Gasteiger partial charge in [0.05, 0.1) is 12.6 Å². The van der Waals surface area contributed by atoms with E-state index in [4.69, 9.17) is 9.84 Å². The highest BCUT2D eigenvalue weighted by Crippen LogP contribution is 2.23. The molecule has 0 aliphatic carbocycles. The maximum Gasteiger partial charge on any atom is 0.257 e. The lowest BCUT2D eigenvalue weighted by Crippen LogP contribution is -2.39. The van der Waals surface area contributed by atoms with E-state index in [1.807, 2.05) is 5.32 Å². The van der Waals surface area contributed by atoms with E-state index in [1.165, 1.54) is 7.11 Å². The van der Waals surface area contributed by atoms with E-state index in [2.05, 4.69) is 0 Å². The van der Waals surface area contributed by atoms with Crippen molar-refractivity contribution in [1.29, 1.82) is 0 Å². The molecule has 118 valence electrons. The summed E-state index contributed by atoms with van der Waals surface area (Å²) in [6.45, 7) is -0.479. The number of carbonyl (C=O) groups excluding carboxylic acids is 1. The van der Waals surface area contributed by atoms with Gasteiger partial charge in [-0.05, 0) is 6.42 Å². The molecule has 2 N–H and O–H groups in total. The molecule has 1 amide bonds. The largest absolute Gasteiger partial charge is 0.396 e. The molecule has 0 aromatic heterocycles. The predicted molar refractivity (Wildman–Crippen MR) is 61.1 cm³/mol. The van der Waals surface area contributed by atoms with E-state index in [0.29, 0.717) is 0 Å². The van der Waals surface area contributed by atoms with Gasteiger partial charge in [0.15, 0.2) is 23.3 Å². The molecule has 1 atom stereocenters. The zero-order chi connectivity index (χ0) is 16.2. The van der Waals surface area contributed by atoms with Crippen LogP contribution in [0.3, 0.4) is 0 Å². The Kier molecular flexibility index (Phi) is 6.03. The van der Waals surface area contributed by atoms with Gasteiger partial charge in [-0.3, -0.25) is 4.79 Å². The lowest BCUT2D eigenvalue weighted by Gasteiger charge is -2.17. The van der Waals surface area contributed by atoms with Crippen LogP contribution >= 0.6 is 0 Å². The van der Waals surface area contributed by atoms with Crippen LogP contribution in [0.25, 0.3) is 0 Å². The molecule has 0 heterocycles. The first-order valence-electron chi connectivity index (χ1n) is 5.77. The standard InChI is InChI=1S/C12H12F5NO3/c1-21-4-5(2-3-19)18-12(20)6-7(13)9(15)11(17)10(16)8(6)14/h5,19H,2-4H2,1H3,(H,18,20). The minimum Gasteiger partial charge on any atom is -0.396 e. The van der Waals surface area contributed by atoms with Crippen LogP contribution < -0.4 is 5.32 Å². The van der Waals surface area contributed by atoms with Gasteiger partial charge in [0.1, 0.15) is 5.56 Å². The molecule has 1 aromatic carbocycles. The molecule has 0 saturated heterocycles. The summed E-state index contributed by atoms with van der Waals surface area (Å²) in [6, 6.07) is -0.845. The Morgan fingerprint density at radius 3 is 2.00 bits per heavy atom. The van der Waals surface area contributed by atoms with Gasteiger partial charge in [-0.1, -0.05) is 0 Å². The van der Waals surface area contributed by atoms with Crippen molar-refractivity contribution >= 4 is 5.91 Å². The summed E-state index contributed by atoms with van der Waals surface area (Å²) in [5, 5.41) is 10.8. The summed E-state index contributed by atoms with van der Waals surface area (Å²) < 4.78 is 70.4. The van der Waals surface area contributed by atoms with Crippen LogP contribution in [-0.2, 0) is 4.74 Å². The van der Waals surface area contributed by atoms with E-state index < -0.39 is 46.6 Å². The molecule has 1 rings (SSSR count). The topological polar surface area (TPSA) is 58.6 Å². The smallest absolute Gasteiger partial charge is 0.257 e. The number of aliphatic hydroxyl groups is 1. The summed E-state index contributed by atoms with van der Waals surface area (Å²) in [7, 11) is 1.27. The van der Waals surface area contributed by atoms with Crippen LogP contribution in [0.15, 0.2) is 0 Å². The van der Waals surface area contributed by atoms with Gasteiger partial charge >= 0.3 is 0 Å². The molecule has 0 aliphatic rings. The fourth-order valence-corrected chi connectivity index (χ4v) is 1.62. The van der Waals surface area contributed by atoms with Crippen LogP contribution in [0.1, 0.15) is 16.8 Å². The average molecular weight is 313 g/mol. The van der Waals surface area contributed by atoms with Crippen molar-refractivity contribution in [1.82, 2.24) is 5.32 Å². The van der Waals surface area contributed by atoms with Crippen LogP contribution in [0.2, 0.25) is 0 Å². The lowest BCUT2D eigenvalue weighted by molar-refractivity contribution is 0.0867. The Hall–Kier alpha value is -1.74. The number of benzene rings is 1. The highest BCUT2D eigenvalue weighted by Gasteiger charge is 2.30. The number of aliphatic hydroxyl groups excluding tert-OH is 1. The number of carbonyl (C=O) groups is 1. The quantitative estimate of drug-likeness (QED) is 0.475. The van der Waals surface area contributed by atoms with E-state index in [9.17, 15) is 26.7 Å². The molecule has 1 unspecified atom stereocenters. The number of ether oxygens (including phenoxy) is 1. The summed E-state index contributed by atoms with van der Waals surface area (Å²) in [6.07, 6.45) is -0.0189. The average Bonchev–Trinajstić information content (AvgIpc) is 2.44. The van der Waals surface area contributed by atoms with Crippen LogP contribution in [0, 0.1) is 29.1 Å². The van der Waals surface area contributed by atoms with Crippen molar-refractivity contribution in [2.75, 3.05) is 20.3 Å². The lowest BCUT2D eigenvalue weighted by atomic mass is 10.1. The minimum atomic E-state index is -2.34. The first-order chi connectivity index (χ1) is 9.84. The first kappa shape index (κ1) is 17.3. The zero-order valence-electron chi connectivity index (χ0n) is 10.9. The maximum absolute atomic E-state index is 13.4. The third-order valence-electron chi connectivity index (χ3n) is 2.62. The van der Waals surface area contributed by atoms with Crippen molar-refractivity contribution in [3.05, 3.63) is 34.6 Å². The van der Waals surface area contributed by atoms with Crippen molar-refractivity contribution in [2.24, 2.45) is 0 Å². The molecule has 0 spiro atoms. The van der Waals surface area contributed by atoms with Gasteiger partial charge in [-0.25, -0.2) is 22.0 Å². The van der Waals surface area contributed by atoms with E-state index in [0.717, 1.165) is 0 Å². The summed E-state index contributed by atoms with van der Waals surface area (Å²) in [5.74, 6) is -12.7. The molecular formula is C12H12F5NO3. The Labute approximate surface area is 116 Å². The Bertz CT molecular complexity index is 503. The van der Waals surface area contributed by atoms with Gasteiger partial charge in [0.2, 0.25) is 5.82 Å². The molecule has 4 nitrogen and oxygen atoms in total. The highest BCUT2D eigenvalue weighted by molar-refractivity contribution is 5.95. The van der Waals surface area contributed by atoms with Gasteiger partial charge in [0, 0.05) is 13.7 Å². The fourth-order valence-electron chi connectivity index (χ4n) is 1.62. The molecule has 0 bridgehead atoms. The fraction of sp³-hybridized carbons (Fsp3) is 0.417. The molecular weight excluding hydrogens is 301 g/mol. The van der Waals surface area contributed by atoms with Crippen LogP contribution in [0.5, 0.6) is 0 Å². The van der Waals surface area contributed by atoms with Crippen LogP contribution in [-0.4, -0.2) is 37.4 Å². The van der Waals surface area contributed by atoms with Crippen molar-refractivity contribution in [3.63, 3.8) is 0 Å². The third kappa shape index (κ3) is 3.67. The van der Waals surface area contributed by atoms with Gasteiger partial charge in [-0.2, -0.15) is 0 Å². The molecule has 0 fully saturated rings. The van der Waals surface area contributed by atoms with Crippen LogP contribution in [0.4, 0.5) is 22.0 Å². The predicted octanol–water partition coefficient (Wildman–Crippen LogP) is 1.51.